The maximum atomic E-state index is 11.3. The molecular weight excluding hydrogens is 178 g/mol. The smallest absolute Gasteiger partial charge is 0.257 e. The van der Waals surface area contributed by atoms with E-state index in [0.29, 0.717) is 5.56 Å². The highest BCUT2D eigenvalue weighted by atomic mass is 16.2. The fourth-order valence-corrected chi connectivity index (χ4v) is 1.31. The van der Waals surface area contributed by atoms with Crippen LogP contribution < -0.4 is 11.5 Å². The second-order valence-corrected chi connectivity index (χ2v) is 3.39. The van der Waals surface area contributed by atoms with Crippen molar-refractivity contribution in [3.63, 3.8) is 0 Å². The SMILES string of the molecule is CN(C)C(N)(C(N)=O)c1ccccc1. The van der Waals surface area contributed by atoms with Crippen molar-refractivity contribution in [1.82, 2.24) is 4.90 Å². The molecule has 0 aliphatic heterocycles. The van der Waals surface area contributed by atoms with Gasteiger partial charge in [-0.25, -0.2) is 0 Å². The summed E-state index contributed by atoms with van der Waals surface area (Å²) in [4.78, 5) is 12.9. The number of likely N-dealkylation sites (N-methyl/N-ethyl adjacent to an activating group) is 1. The number of benzene rings is 1. The number of nitrogens with zero attached hydrogens (tertiary/aromatic N) is 1. The van der Waals surface area contributed by atoms with Gasteiger partial charge in [-0.15, -0.1) is 0 Å². The first-order valence-electron chi connectivity index (χ1n) is 4.31. The first kappa shape index (κ1) is 10.7. The lowest BCUT2D eigenvalue weighted by atomic mass is 9.98. The van der Waals surface area contributed by atoms with Gasteiger partial charge in [-0.3, -0.25) is 9.69 Å². The van der Waals surface area contributed by atoms with E-state index in [9.17, 15) is 4.79 Å². The molecule has 0 aliphatic rings. The lowest BCUT2D eigenvalue weighted by Gasteiger charge is -2.33. The van der Waals surface area contributed by atoms with Crippen molar-refractivity contribution in [2.75, 3.05) is 14.1 Å². The Bertz CT molecular complexity index is 323. The molecule has 4 heteroatoms. The summed E-state index contributed by atoms with van der Waals surface area (Å²) >= 11 is 0. The number of amides is 1. The number of nitrogens with two attached hydrogens (primary N) is 2. The standard InChI is InChI=1S/C10H15N3O/c1-13(2)10(12,9(11)14)8-6-4-3-5-7-8/h3-7H,12H2,1-2H3,(H2,11,14). The molecule has 1 aromatic rings. The highest BCUT2D eigenvalue weighted by Gasteiger charge is 2.36. The van der Waals surface area contributed by atoms with Crippen LogP contribution in [0.15, 0.2) is 30.3 Å². The van der Waals surface area contributed by atoms with E-state index < -0.39 is 11.6 Å². The third-order valence-corrected chi connectivity index (χ3v) is 2.29. The molecule has 1 amide bonds. The molecule has 0 radical (unpaired) electrons. The lowest BCUT2D eigenvalue weighted by Crippen LogP contribution is -2.58. The Morgan fingerprint density at radius 1 is 1.29 bits per heavy atom. The molecule has 0 heterocycles. The van der Waals surface area contributed by atoms with Crippen LogP contribution in [0.25, 0.3) is 0 Å². The molecule has 76 valence electrons. The molecule has 0 aliphatic carbocycles. The van der Waals surface area contributed by atoms with Gasteiger partial charge in [0.1, 0.15) is 0 Å². The van der Waals surface area contributed by atoms with Crippen LogP contribution in [0.2, 0.25) is 0 Å². The number of primary amides is 1. The highest BCUT2D eigenvalue weighted by molar-refractivity contribution is 5.85. The van der Waals surface area contributed by atoms with Gasteiger partial charge in [0.05, 0.1) is 0 Å². The normalized spacial score (nSPS) is 15.1. The maximum Gasteiger partial charge on any atom is 0.257 e. The minimum atomic E-state index is -1.23. The zero-order valence-corrected chi connectivity index (χ0v) is 8.40. The molecule has 14 heavy (non-hydrogen) atoms. The Hall–Kier alpha value is -1.39. The van der Waals surface area contributed by atoms with Gasteiger partial charge in [0.25, 0.3) is 5.91 Å². The maximum absolute atomic E-state index is 11.3. The molecule has 4 N–H and O–H groups in total. The molecule has 1 aromatic carbocycles. The van der Waals surface area contributed by atoms with Crippen molar-refractivity contribution in [2.45, 2.75) is 5.66 Å². The van der Waals surface area contributed by atoms with Crippen LogP contribution in [-0.2, 0) is 10.5 Å². The van der Waals surface area contributed by atoms with Crippen LogP contribution >= 0.6 is 0 Å². The molecular formula is C10H15N3O. The quantitative estimate of drug-likeness (QED) is 0.655. The monoisotopic (exact) mass is 193 g/mol. The molecule has 0 bridgehead atoms. The number of carbonyl (C=O) groups is 1. The summed E-state index contributed by atoms with van der Waals surface area (Å²) in [7, 11) is 3.44. The van der Waals surface area contributed by atoms with Gasteiger partial charge in [-0.1, -0.05) is 30.3 Å². The van der Waals surface area contributed by atoms with Gasteiger partial charge in [-0.05, 0) is 19.7 Å². The minimum absolute atomic E-state index is 0.561. The summed E-state index contributed by atoms with van der Waals surface area (Å²) in [6.07, 6.45) is 0. The van der Waals surface area contributed by atoms with Crippen LogP contribution in [-0.4, -0.2) is 24.9 Å². The van der Waals surface area contributed by atoms with E-state index in [1.165, 1.54) is 0 Å². The van der Waals surface area contributed by atoms with E-state index in [4.69, 9.17) is 11.5 Å². The zero-order chi connectivity index (χ0) is 10.8. The fraction of sp³-hybridized carbons (Fsp3) is 0.300. The van der Waals surface area contributed by atoms with E-state index in [0.717, 1.165) is 0 Å². The molecule has 0 saturated carbocycles. The van der Waals surface area contributed by atoms with E-state index >= 15 is 0 Å². The summed E-state index contributed by atoms with van der Waals surface area (Å²) in [6.45, 7) is 0. The van der Waals surface area contributed by atoms with Crippen LogP contribution in [0.3, 0.4) is 0 Å². The third-order valence-electron chi connectivity index (χ3n) is 2.29. The van der Waals surface area contributed by atoms with Gasteiger partial charge >= 0.3 is 0 Å². The molecule has 0 aromatic heterocycles. The molecule has 0 spiro atoms. The van der Waals surface area contributed by atoms with Gasteiger partial charge in [0.15, 0.2) is 5.66 Å². The molecule has 1 rings (SSSR count). The van der Waals surface area contributed by atoms with Crippen LogP contribution in [0.4, 0.5) is 0 Å². The van der Waals surface area contributed by atoms with Crippen molar-refractivity contribution in [3.05, 3.63) is 35.9 Å². The highest BCUT2D eigenvalue weighted by Crippen LogP contribution is 2.19. The van der Waals surface area contributed by atoms with Gasteiger partial charge in [-0.2, -0.15) is 0 Å². The predicted molar refractivity (Wildman–Crippen MR) is 55.2 cm³/mol. The van der Waals surface area contributed by atoms with Crippen molar-refractivity contribution < 1.29 is 4.79 Å². The summed E-state index contributed by atoms with van der Waals surface area (Å²) in [5, 5.41) is 0. The van der Waals surface area contributed by atoms with Gasteiger partial charge < -0.3 is 11.5 Å². The topological polar surface area (TPSA) is 72.3 Å². The second kappa shape index (κ2) is 3.77. The number of rotatable bonds is 3. The van der Waals surface area contributed by atoms with Gasteiger partial charge in [0.2, 0.25) is 0 Å². The van der Waals surface area contributed by atoms with E-state index in [1.807, 2.05) is 18.2 Å². The lowest BCUT2D eigenvalue weighted by molar-refractivity contribution is -0.129. The first-order chi connectivity index (χ1) is 6.49. The van der Waals surface area contributed by atoms with Crippen LogP contribution in [0, 0.1) is 0 Å². The van der Waals surface area contributed by atoms with Crippen molar-refractivity contribution in [1.29, 1.82) is 0 Å². The zero-order valence-electron chi connectivity index (χ0n) is 8.40. The van der Waals surface area contributed by atoms with Gasteiger partial charge in [0, 0.05) is 0 Å². The molecule has 0 fully saturated rings. The molecule has 4 nitrogen and oxygen atoms in total. The predicted octanol–water partition coefficient (Wildman–Crippen LogP) is -0.155. The first-order valence-corrected chi connectivity index (χ1v) is 4.31. The van der Waals surface area contributed by atoms with E-state index in [1.54, 1.807) is 31.1 Å². The van der Waals surface area contributed by atoms with Crippen molar-refractivity contribution >= 4 is 5.91 Å². The van der Waals surface area contributed by atoms with Crippen LogP contribution in [0.5, 0.6) is 0 Å². The average molecular weight is 193 g/mol. The Morgan fingerprint density at radius 2 is 1.79 bits per heavy atom. The minimum Gasteiger partial charge on any atom is -0.367 e. The number of hydrogen-bond acceptors (Lipinski definition) is 3. The number of carbonyl (C=O) groups excluding carboxylic acids is 1. The second-order valence-electron chi connectivity index (χ2n) is 3.39. The summed E-state index contributed by atoms with van der Waals surface area (Å²) in [5.41, 5.74) is 10.7. The molecule has 0 saturated heterocycles. The Labute approximate surface area is 83.5 Å². The summed E-state index contributed by atoms with van der Waals surface area (Å²) < 4.78 is 0. The van der Waals surface area contributed by atoms with Crippen molar-refractivity contribution in [3.8, 4) is 0 Å². The average Bonchev–Trinajstić information content (AvgIpc) is 2.17. The largest absolute Gasteiger partial charge is 0.367 e. The van der Waals surface area contributed by atoms with Crippen molar-refractivity contribution in [2.24, 2.45) is 11.5 Å². The van der Waals surface area contributed by atoms with Crippen LogP contribution in [0.1, 0.15) is 5.56 Å². The molecule has 1 unspecified atom stereocenters. The van der Waals surface area contributed by atoms with E-state index in [2.05, 4.69) is 0 Å². The summed E-state index contributed by atoms with van der Waals surface area (Å²) in [5.74, 6) is -0.561. The number of hydrogen-bond donors (Lipinski definition) is 2. The Morgan fingerprint density at radius 3 is 2.14 bits per heavy atom. The van der Waals surface area contributed by atoms with E-state index in [-0.39, 0.29) is 0 Å². The Balaban J connectivity index is 3.20. The Kier molecular flexibility index (Phi) is 2.88. The third kappa shape index (κ3) is 1.62. The fourth-order valence-electron chi connectivity index (χ4n) is 1.31. The summed E-state index contributed by atoms with van der Waals surface area (Å²) in [6, 6.07) is 9.07. The molecule has 1 atom stereocenters.